The van der Waals surface area contributed by atoms with Gasteiger partial charge in [0, 0.05) is 18.0 Å². The van der Waals surface area contributed by atoms with Crippen molar-refractivity contribution in [2.75, 3.05) is 17.7 Å². The molecule has 24 heavy (non-hydrogen) atoms. The number of likely N-dealkylation sites (tertiary alicyclic amines) is 1. The predicted octanol–water partition coefficient (Wildman–Crippen LogP) is 4.05. The second-order valence-corrected chi connectivity index (χ2v) is 7.63. The lowest BCUT2D eigenvalue weighted by Gasteiger charge is -2.34. The molecule has 2 aliphatic heterocycles. The van der Waals surface area contributed by atoms with E-state index in [9.17, 15) is 4.79 Å². The molecule has 0 aliphatic carbocycles. The highest BCUT2D eigenvalue weighted by molar-refractivity contribution is 7.98. The molecule has 2 aromatic carbocycles. The second kappa shape index (κ2) is 6.43. The quantitative estimate of drug-likeness (QED) is 0.770. The first kappa shape index (κ1) is 16.0. The van der Waals surface area contributed by atoms with E-state index in [4.69, 9.17) is 11.6 Å². The molecule has 2 fully saturated rings. The number of hydrogen-bond acceptors (Lipinski definition) is 3. The van der Waals surface area contributed by atoms with Crippen LogP contribution in [0.3, 0.4) is 0 Å². The van der Waals surface area contributed by atoms with Crippen molar-refractivity contribution in [3.05, 3.63) is 59.1 Å². The van der Waals surface area contributed by atoms with Crippen molar-refractivity contribution in [3.8, 4) is 0 Å². The molecule has 0 saturated carbocycles. The number of nitrogens with zero attached hydrogens (tertiary/aromatic N) is 2. The number of piperazine rings is 1. The van der Waals surface area contributed by atoms with Gasteiger partial charge in [0.15, 0.2) is 0 Å². The number of anilines is 1. The van der Waals surface area contributed by atoms with Crippen LogP contribution in [0.2, 0.25) is 5.02 Å². The third-order valence-corrected chi connectivity index (χ3v) is 5.99. The van der Waals surface area contributed by atoms with Crippen LogP contribution in [0.5, 0.6) is 0 Å². The van der Waals surface area contributed by atoms with Gasteiger partial charge in [-0.1, -0.05) is 35.9 Å². The van der Waals surface area contributed by atoms with E-state index in [0.717, 1.165) is 25.2 Å². The van der Waals surface area contributed by atoms with Crippen LogP contribution < -0.4 is 4.90 Å². The number of para-hydroxylation sites is 1. The fourth-order valence-corrected chi connectivity index (χ4v) is 4.40. The Labute approximate surface area is 151 Å². The lowest BCUT2D eigenvalue weighted by atomic mass is 10.2. The summed E-state index contributed by atoms with van der Waals surface area (Å²) in [7, 11) is 0. The molecule has 2 heterocycles. The van der Waals surface area contributed by atoms with Crippen molar-refractivity contribution >= 4 is 35.0 Å². The van der Waals surface area contributed by atoms with Crippen molar-refractivity contribution in [3.63, 3.8) is 0 Å². The standard InChI is InChI=1S/C19H19ClN2OS/c1-24-15-8-6-13(7-9-15)11-21-12-14-10-18(21)19(23)22(14)17-5-3-2-4-16(17)20/h2-9,14,18H,10-12H2,1H3/t14-,18-/m0/s1. The Kier molecular flexibility index (Phi) is 4.29. The number of rotatable bonds is 4. The molecule has 2 atom stereocenters. The molecule has 5 heteroatoms. The first-order valence-electron chi connectivity index (χ1n) is 8.12. The maximum absolute atomic E-state index is 12.8. The third-order valence-electron chi connectivity index (χ3n) is 4.93. The average molecular weight is 359 g/mol. The molecule has 1 amide bonds. The number of amides is 1. The number of halogens is 1. The number of thioether (sulfide) groups is 1. The Morgan fingerprint density at radius 2 is 1.92 bits per heavy atom. The van der Waals surface area contributed by atoms with E-state index in [1.807, 2.05) is 29.2 Å². The molecule has 2 aromatic rings. The van der Waals surface area contributed by atoms with Crippen LogP contribution in [0.1, 0.15) is 12.0 Å². The van der Waals surface area contributed by atoms with Crippen molar-refractivity contribution in [1.29, 1.82) is 0 Å². The zero-order valence-corrected chi connectivity index (χ0v) is 15.1. The van der Waals surface area contributed by atoms with Gasteiger partial charge in [-0.3, -0.25) is 9.69 Å². The van der Waals surface area contributed by atoms with Crippen LogP contribution in [-0.2, 0) is 11.3 Å². The van der Waals surface area contributed by atoms with Crippen LogP contribution in [0.15, 0.2) is 53.4 Å². The normalized spacial score (nSPS) is 23.2. The SMILES string of the molecule is CSc1ccc(CN2C[C@@H]3C[C@H]2C(=O)N3c2ccccc2Cl)cc1. The highest BCUT2D eigenvalue weighted by Gasteiger charge is 2.50. The lowest BCUT2D eigenvalue weighted by Crippen LogP contribution is -2.50. The summed E-state index contributed by atoms with van der Waals surface area (Å²) in [5.74, 6) is 0.181. The number of carbonyl (C=O) groups excluding carboxylic acids is 1. The van der Waals surface area contributed by atoms with Crippen LogP contribution in [0.4, 0.5) is 5.69 Å². The molecular formula is C19H19ClN2OS. The minimum atomic E-state index is -0.0218. The summed E-state index contributed by atoms with van der Waals surface area (Å²) in [5, 5.41) is 0.651. The molecular weight excluding hydrogens is 340 g/mol. The van der Waals surface area contributed by atoms with Gasteiger partial charge in [-0.25, -0.2) is 0 Å². The van der Waals surface area contributed by atoms with E-state index in [0.29, 0.717) is 5.02 Å². The van der Waals surface area contributed by atoms with Gasteiger partial charge in [-0.05, 0) is 42.5 Å². The molecule has 0 N–H and O–H groups in total. The minimum absolute atomic E-state index is 0.0218. The van der Waals surface area contributed by atoms with E-state index in [1.54, 1.807) is 11.8 Å². The summed E-state index contributed by atoms with van der Waals surface area (Å²) in [5.41, 5.74) is 2.11. The molecule has 0 aromatic heterocycles. The highest BCUT2D eigenvalue weighted by Crippen LogP contribution is 2.39. The Morgan fingerprint density at radius 3 is 2.58 bits per heavy atom. The van der Waals surface area contributed by atoms with Gasteiger partial charge in [0.05, 0.1) is 22.8 Å². The van der Waals surface area contributed by atoms with E-state index < -0.39 is 0 Å². The maximum Gasteiger partial charge on any atom is 0.244 e. The number of fused-ring (bicyclic) bond motifs is 2. The van der Waals surface area contributed by atoms with Crippen LogP contribution >= 0.6 is 23.4 Å². The van der Waals surface area contributed by atoms with Gasteiger partial charge in [-0.2, -0.15) is 0 Å². The second-order valence-electron chi connectivity index (χ2n) is 6.34. The summed E-state index contributed by atoms with van der Waals surface area (Å²) in [6.45, 7) is 1.74. The van der Waals surface area contributed by atoms with Crippen molar-refractivity contribution in [2.45, 2.75) is 29.9 Å². The van der Waals surface area contributed by atoms with Crippen molar-refractivity contribution in [2.24, 2.45) is 0 Å². The Bertz CT molecular complexity index is 764. The van der Waals surface area contributed by atoms with E-state index in [2.05, 4.69) is 35.4 Å². The minimum Gasteiger partial charge on any atom is -0.305 e. The number of benzene rings is 2. The summed E-state index contributed by atoms with van der Waals surface area (Å²) in [6, 6.07) is 16.4. The molecule has 2 bridgehead atoms. The van der Waals surface area contributed by atoms with Gasteiger partial charge >= 0.3 is 0 Å². The van der Waals surface area contributed by atoms with Crippen molar-refractivity contribution < 1.29 is 4.79 Å². The van der Waals surface area contributed by atoms with Gasteiger partial charge in [0.2, 0.25) is 5.91 Å². The molecule has 0 spiro atoms. The topological polar surface area (TPSA) is 23.6 Å². The van der Waals surface area contributed by atoms with Crippen LogP contribution in [0.25, 0.3) is 0 Å². The smallest absolute Gasteiger partial charge is 0.244 e. The van der Waals surface area contributed by atoms with E-state index >= 15 is 0 Å². The fourth-order valence-electron chi connectivity index (χ4n) is 3.77. The van der Waals surface area contributed by atoms with Crippen LogP contribution in [0, 0.1) is 0 Å². The van der Waals surface area contributed by atoms with Gasteiger partial charge in [-0.15, -0.1) is 11.8 Å². The first-order chi connectivity index (χ1) is 11.7. The highest BCUT2D eigenvalue weighted by atomic mass is 35.5. The summed E-state index contributed by atoms with van der Waals surface area (Å²) < 4.78 is 0. The molecule has 124 valence electrons. The molecule has 0 unspecified atom stereocenters. The third kappa shape index (κ3) is 2.73. The summed E-state index contributed by atoms with van der Waals surface area (Å²) in [6.07, 6.45) is 2.98. The monoisotopic (exact) mass is 358 g/mol. The zero-order valence-electron chi connectivity index (χ0n) is 13.5. The largest absolute Gasteiger partial charge is 0.305 e. The zero-order chi connectivity index (χ0) is 16.7. The summed E-state index contributed by atoms with van der Waals surface area (Å²) in [4.78, 5) is 18.3. The molecule has 3 nitrogen and oxygen atoms in total. The Morgan fingerprint density at radius 1 is 1.17 bits per heavy atom. The molecule has 2 aliphatic rings. The maximum atomic E-state index is 12.8. The first-order valence-corrected chi connectivity index (χ1v) is 9.72. The fraction of sp³-hybridized carbons (Fsp3) is 0.316. The number of hydrogen-bond donors (Lipinski definition) is 0. The van der Waals surface area contributed by atoms with E-state index in [1.165, 1.54) is 10.5 Å². The van der Waals surface area contributed by atoms with E-state index in [-0.39, 0.29) is 18.0 Å². The van der Waals surface area contributed by atoms with Gasteiger partial charge in [0.25, 0.3) is 0 Å². The number of carbonyl (C=O) groups is 1. The molecule has 0 radical (unpaired) electrons. The lowest BCUT2D eigenvalue weighted by molar-refractivity contribution is -0.122. The Hall–Kier alpha value is -1.49. The predicted molar refractivity (Wildman–Crippen MR) is 99.8 cm³/mol. The molecule has 4 rings (SSSR count). The van der Waals surface area contributed by atoms with Gasteiger partial charge < -0.3 is 4.90 Å². The van der Waals surface area contributed by atoms with Crippen molar-refractivity contribution in [1.82, 2.24) is 4.90 Å². The van der Waals surface area contributed by atoms with Gasteiger partial charge in [0.1, 0.15) is 0 Å². The molecule has 2 saturated heterocycles. The Balaban J connectivity index is 1.50. The summed E-state index contributed by atoms with van der Waals surface area (Å²) >= 11 is 8.04. The average Bonchev–Trinajstić information content (AvgIpc) is 3.14. The van der Waals surface area contributed by atoms with Crippen LogP contribution in [-0.4, -0.2) is 35.7 Å².